The van der Waals surface area contributed by atoms with Gasteiger partial charge in [0.1, 0.15) is 17.0 Å². The van der Waals surface area contributed by atoms with Crippen LogP contribution in [0.2, 0.25) is 0 Å². The lowest BCUT2D eigenvalue weighted by Gasteiger charge is -2.10. The summed E-state index contributed by atoms with van der Waals surface area (Å²) in [6.45, 7) is 2.93. The number of hydrogen-bond acceptors (Lipinski definition) is 6. The molecule has 0 spiro atoms. The van der Waals surface area contributed by atoms with Gasteiger partial charge in [-0.3, -0.25) is 4.98 Å². The molecular weight excluding hydrogens is 294 g/mol. The number of para-hydroxylation sites is 1. The second kappa shape index (κ2) is 6.62. The normalized spacial score (nSPS) is 10.8. The van der Waals surface area contributed by atoms with Crippen molar-refractivity contribution in [2.75, 3.05) is 17.6 Å². The van der Waals surface area contributed by atoms with E-state index in [0.717, 1.165) is 33.8 Å². The maximum Gasteiger partial charge on any atom is 0.153 e. The molecule has 1 aromatic carbocycles. The van der Waals surface area contributed by atoms with E-state index in [1.807, 2.05) is 30.3 Å². The van der Waals surface area contributed by atoms with E-state index in [2.05, 4.69) is 27.2 Å². The quantitative estimate of drug-likeness (QED) is 0.701. The van der Waals surface area contributed by atoms with Gasteiger partial charge in [0.05, 0.1) is 5.52 Å². The van der Waals surface area contributed by atoms with Gasteiger partial charge in [-0.05, 0) is 18.6 Å². The molecule has 0 saturated carbocycles. The van der Waals surface area contributed by atoms with Gasteiger partial charge in [0.15, 0.2) is 5.82 Å². The summed E-state index contributed by atoms with van der Waals surface area (Å²) in [6.07, 6.45) is 4.35. The summed E-state index contributed by atoms with van der Waals surface area (Å²) in [4.78, 5) is 14.0. The third-order valence-electron chi connectivity index (χ3n) is 3.19. The van der Waals surface area contributed by atoms with Crippen molar-refractivity contribution in [2.24, 2.45) is 0 Å². The van der Waals surface area contributed by atoms with Gasteiger partial charge in [-0.15, -0.1) is 0 Å². The second-order valence-corrected chi connectivity index (χ2v) is 5.83. The van der Waals surface area contributed by atoms with Crippen molar-refractivity contribution in [2.45, 2.75) is 23.3 Å². The molecule has 0 aliphatic carbocycles. The summed E-state index contributed by atoms with van der Waals surface area (Å²) in [5, 5.41) is 5.06. The molecule has 3 aromatic rings. The molecule has 0 fully saturated rings. The molecule has 3 N–H and O–H groups in total. The van der Waals surface area contributed by atoms with Crippen LogP contribution >= 0.6 is 11.8 Å². The molecule has 0 unspecified atom stereocenters. The lowest BCUT2D eigenvalue weighted by Crippen LogP contribution is -2.06. The smallest absolute Gasteiger partial charge is 0.153 e. The first-order chi connectivity index (χ1) is 10.8. The Morgan fingerprint density at radius 1 is 1.14 bits per heavy atom. The Morgan fingerprint density at radius 2 is 2.00 bits per heavy atom. The maximum absolute atomic E-state index is 6.19. The van der Waals surface area contributed by atoms with E-state index in [-0.39, 0.29) is 0 Å². The predicted octanol–water partition coefficient (Wildman–Crippen LogP) is 3.58. The number of fused-ring (bicyclic) bond motifs is 1. The highest BCUT2D eigenvalue weighted by molar-refractivity contribution is 7.99. The van der Waals surface area contributed by atoms with Crippen molar-refractivity contribution in [3.8, 4) is 0 Å². The SMILES string of the molecule is CCCNc1ncnc(Sc2cccc3cccnc23)c1N. The number of rotatable bonds is 5. The van der Waals surface area contributed by atoms with Crippen molar-refractivity contribution in [1.29, 1.82) is 0 Å². The number of nitrogens with two attached hydrogens (primary N) is 1. The number of anilines is 2. The molecule has 6 heteroatoms. The van der Waals surface area contributed by atoms with E-state index >= 15 is 0 Å². The first-order valence-electron chi connectivity index (χ1n) is 7.15. The topological polar surface area (TPSA) is 76.7 Å². The van der Waals surface area contributed by atoms with Crippen molar-refractivity contribution < 1.29 is 0 Å². The van der Waals surface area contributed by atoms with E-state index in [9.17, 15) is 0 Å². The molecule has 0 amide bonds. The van der Waals surface area contributed by atoms with Gasteiger partial charge in [0.2, 0.25) is 0 Å². The molecule has 22 heavy (non-hydrogen) atoms. The van der Waals surface area contributed by atoms with E-state index in [1.165, 1.54) is 18.1 Å². The lowest BCUT2D eigenvalue weighted by atomic mass is 10.2. The highest BCUT2D eigenvalue weighted by Gasteiger charge is 2.11. The zero-order chi connectivity index (χ0) is 15.4. The standard InChI is InChI=1S/C16H17N5S/c1-2-8-19-15-13(17)16(21-10-20-15)22-12-7-3-5-11-6-4-9-18-14(11)12/h3-7,9-10H,2,8,17H2,1H3,(H,19,20,21). The van der Waals surface area contributed by atoms with Crippen LogP contribution in [0.5, 0.6) is 0 Å². The molecule has 0 radical (unpaired) electrons. The molecule has 112 valence electrons. The fourth-order valence-electron chi connectivity index (χ4n) is 2.11. The summed E-state index contributed by atoms with van der Waals surface area (Å²) in [5.41, 5.74) is 7.72. The Balaban J connectivity index is 1.95. The van der Waals surface area contributed by atoms with E-state index < -0.39 is 0 Å². The summed E-state index contributed by atoms with van der Waals surface area (Å²) in [6, 6.07) is 10.1. The third kappa shape index (κ3) is 2.96. The largest absolute Gasteiger partial charge is 0.394 e. The van der Waals surface area contributed by atoms with E-state index in [4.69, 9.17) is 5.73 Å². The van der Waals surface area contributed by atoms with Crippen LogP contribution in [0.3, 0.4) is 0 Å². The third-order valence-corrected chi connectivity index (χ3v) is 4.26. The fourth-order valence-corrected chi connectivity index (χ4v) is 3.04. The lowest BCUT2D eigenvalue weighted by molar-refractivity contribution is 0.956. The fraction of sp³-hybridized carbons (Fsp3) is 0.188. The zero-order valence-corrected chi connectivity index (χ0v) is 13.1. The minimum Gasteiger partial charge on any atom is -0.394 e. The van der Waals surface area contributed by atoms with Gasteiger partial charge in [0.25, 0.3) is 0 Å². The Hall–Kier alpha value is -2.34. The molecule has 0 saturated heterocycles. The molecule has 0 bridgehead atoms. The predicted molar refractivity (Wildman–Crippen MR) is 91.1 cm³/mol. The number of hydrogen-bond donors (Lipinski definition) is 2. The first-order valence-corrected chi connectivity index (χ1v) is 7.97. The maximum atomic E-state index is 6.19. The highest BCUT2D eigenvalue weighted by atomic mass is 32.2. The average molecular weight is 311 g/mol. The number of nitrogen functional groups attached to an aromatic ring is 1. The van der Waals surface area contributed by atoms with E-state index in [0.29, 0.717) is 11.5 Å². The van der Waals surface area contributed by atoms with Crippen LogP contribution in [0.15, 0.2) is 52.8 Å². The van der Waals surface area contributed by atoms with Crippen molar-refractivity contribution in [3.63, 3.8) is 0 Å². The Kier molecular flexibility index (Phi) is 4.39. The molecule has 0 aliphatic heterocycles. The first kappa shape index (κ1) is 14.6. The van der Waals surface area contributed by atoms with Crippen LogP contribution < -0.4 is 11.1 Å². The number of nitrogens with one attached hydrogen (secondary N) is 1. The molecular formula is C16H17N5S. The summed E-state index contributed by atoms with van der Waals surface area (Å²) in [7, 11) is 0. The van der Waals surface area contributed by atoms with Gasteiger partial charge in [0, 0.05) is 23.0 Å². The average Bonchev–Trinajstić information content (AvgIpc) is 2.56. The summed E-state index contributed by atoms with van der Waals surface area (Å²) in [5.74, 6) is 0.688. The van der Waals surface area contributed by atoms with Crippen LogP contribution in [0, 0.1) is 0 Å². The number of benzene rings is 1. The summed E-state index contributed by atoms with van der Waals surface area (Å²) < 4.78 is 0. The van der Waals surface area contributed by atoms with Crippen LogP contribution in [0.25, 0.3) is 10.9 Å². The van der Waals surface area contributed by atoms with E-state index in [1.54, 1.807) is 6.20 Å². The van der Waals surface area contributed by atoms with Gasteiger partial charge < -0.3 is 11.1 Å². The minimum atomic E-state index is 0.578. The number of aromatic nitrogens is 3. The minimum absolute atomic E-state index is 0.578. The Labute approximate surface area is 133 Å². The number of nitrogens with zero attached hydrogens (tertiary/aromatic N) is 3. The molecule has 5 nitrogen and oxygen atoms in total. The Bertz CT molecular complexity index is 785. The van der Waals surface area contributed by atoms with Crippen molar-refractivity contribution in [3.05, 3.63) is 42.9 Å². The Morgan fingerprint density at radius 3 is 2.86 bits per heavy atom. The van der Waals surface area contributed by atoms with Crippen LogP contribution in [0.4, 0.5) is 11.5 Å². The van der Waals surface area contributed by atoms with Crippen LogP contribution in [-0.2, 0) is 0 Å². The van der Waals surface area contributed by atoms with Crippen LogP contribution in [-0.4, -0.2) is 21.5 Å². The second-order valence-electron chi connectivity index (χ2n) is 4.80. The number of pyridine rings is 1. The monoisotopic (exact) mass is 311 g/mol. The molecule has 0 aliphatic rings. The van der Waals surface area contributed by atoms with Crippen molar-refractivity contribution >= 4 is 34.2 Å². The summed E-state index contributed by atoms with van der Waals surface area (Å²) >= 11 is 1.51. The van der Waals surface area contributed by atoms with Gasteiger partial charge in [-0.25, -0.2) is 9.97 Å². The molecule has 2 heterocycles. The van der Waals surface area contributed by atoms with Gasteiger partial charge in [-0.2, -0.15) is 0 Å². The van der Waals surface area contributed by atoms with Gasteiger partial charge in [-0.1, -0.05) is 36.9 Å². The van der Waals surface area contributed by atoms with Crippen LogP contribution in [0.1, 0.15) is 13.3 Å². The molecule has 3 rings (SSSR count). The molecule has 2 aromatic heterocycles. The highest BCUT2D eigenvalue weighted by Crippen LogP contribution is 2.35. The zero-order valence-electron chi connectivity index (χ0n) is 12.3. The van der Waals surface area contributed by atoms with Crippen molar-refractivity contribution in [1.82, 2.24) is 15.0 Å². The van der Waals surface area contributed by atoms with Gasteiger partial charge >= 0.3 is 0 Å². The molecule has 0 atom stereocenters.